The van der Waals surface area contributed by atoms with Gasteiger partial charge in [0, 0.05) is 12.4 Å². The molecule has 0 bridgehead atoms. The third-order valence-corrected chi connectivity index (χ3v) is 2.36. The van der Waals surface area contributed by atoms with Gasteiger partial charge in [0.25, 0.3) is 0 Å². The van der Waals surface area contributed by atoms with Gasteiger partial charge >= 0.3 is 5.97 Å². The second-order valence-electron chi connectivity index (χ2n) is 3.52. The van der Waals surface area contributed by atoms with Crippen LogP contribution in [0.5, 0.6) is 0 Å². The Kier molecular flexibility index (Phi) is 4.30. The van der Waals surface area contributed by atoms with E-state index in [9.17, 15) is 4.79 Å². The fraction of sp³-hybridized carbons (Fsp3) is 0.600. The number of nitrogens with zero attached hydrogens (tertiary/aromatic N) is 2. The van der Waals surface area contributed by atoms with E-state index in [1.54, 1.807) is 23.3 Å². The van der Waals surface area contributed by atoms with Gasteiger partial charge in [0.05, 0.1) is 12.4 Å². The summed E-state index contributed by atoms with van der Waals surface area (Å²) >= 11 is 0. The molecule has 1 aromatic rings. The monoisotopic (exact) mass is 211 g/mol. The molecule has 0 aliphatic heterocycles. The van der Waals surface area contributed by atoms with E-state index in [1.807, 2.05) is 13.8 Å². The Labute approximate surface area is 89.1 Å². The molecule has 1 heterocycles. The zero-order valence-corrected chi connectivity index (χ0v) is 9.05. The number of carbonyl (C=O) groups is 1. The van der Waals surface area contributed by atoms with Crippen molar-refractivity contribution in [1.29, 1.82) is 0 Å². The molecule has 5 heteroatoms. The van der Waals surface area contributed by atoms with Gasteiger partial charge in [-0.3, -0.25) is 4.79 Å². The molecular weight excluding hydrogens is 194 g/mol. The van der Waals surface area contributed by atoms with Crippen molar-refractivity contribution >= 4 is 5.97 Å². The minimum Gasteiger partial charge on any atom is -0.480 e. The molecule has 1 aromatic heterocycles. The van der Waals surface area contributed by atoms with Crippen LogP contribution in [0.15, 0.2) is 18.7 Å². The Morgan fingerprint density at radius 2 is 2.40 bits per heavy atom. The highest BCUT2D eigenvalue weighted by molar-refractivity contribution is 5.74. The van der Waals surface area contributed by atoms with Crippen molar-refractivity contribution in [2.24, 2.45) is 0 Å². The van der Waals surface area contributed by atoms with Crippen LogP contribution < -0.4 is 5.32 Å². The summed E-state index contributed by atoms with van der Waals surface area (Å²) in [5, 5.41) is 12.1. The Morgan fingerprint density at radius 1 is 1.67 bits per heavy atom. The largest absolute Gasteiger partial charge is 0.480 e. The number of rotatable bonds is 6. The summed E-state index contributed by atoms with van der Waals surface area (Å²) in [7, 11) is 0. The van der Waals surface area contributed by atoms with Crippen LogP contribution in [0.3, 0.4) is 0 Å². The van der Waals surface area contributed by atoms with Crippen LogP contribution >= 0.6 is 0 Å². The van der Waals surface area contributed by atoms with Crippen molar-refractivity contribution < 1.29 is 9.90 Å². The van der Waals surface area contributed by atoms with E-state index in [0.29, 0.717) is 6.54 Å². The van der Waals surface area contributed by atoms with Crippen LogP contribution in [0.1, 0.15) is 26.3 Å². The maximum absolute atomic E-state index is 11.0. The first-order valence-corrected chi connectivity index (χ1v) is 5.10. The van der Waals surface area contributed by atoms with Gasteiger partial charge in [0.1, 0.15) is 6.04 Å². The first-order valence-electron chi connectivity index (χ1n) is 5.10. The highest BCUT2D eigenvalue weighted by atomic mass is 16.4. The predicted molar refractivity (Wildman–Crippen MR) is 56.7 cm³/mol. The summed E-state index contributed by atoms with van der Waals surface area (Å²) in [5.74, 6) is -0.829. The van der Waals surface area contributed by atoms with Gasteiger partial charge in [-0.1, -0.05) is 6.92 Å². The molecule has 0 aliphatic carbocycles. The van der Waals surface area contributed by atoms with Crippen molar-refractivity contribution in [2.45, 2.75) is 32.4 Å². The lowest BCUT2D eigenvalue weighted by molar-refractivity contribution is -0.140. The topological polar surface area (TPSA) is 67.2 Å². The molecule has 15 heavy (non-hydrogen) atoms. The molecular formula is C10H17N3O2. The molecule has 5 nitrogen and oxygen atoms in total. The first kappa shape index (κ1) is 11.7. The molecule has 0 radical (unpaired) electrons. The number of carboxylic acid groups (broad SMARTS) is 1. The maximum atomic E-state index is 11.0. The van der Waals surface area contributed by atoms with E-state index in [1.165, 1.54) is 0 Å². The lowest BCUT2D eigenvalue weighted by atomic mass is 10.1. The maximum Gasteiger partial charge on any atom is 0.322 e. The number of imidazole rings is 1. The van der Waals surface area contributed by atoms with Crippen LogP contribution in [-0.4, -0.2) is 33.2 Å². The van der Waals surface area contributed by atoms with Crippen molar-refractivity contribution in [3.63, 3.8) is 0 Å². The van der Waals surface area contributed by atoms with Crippen molar-refractivity contribution in [1.82, 2.24) is 14.9 Å². The molecule has 0 aromatic carbocycles. The standard InChI is InChI=1S/C10H17N3O2/c1-3-4-12-9(10(14)15)8(2)13-6-5-11-7-13/h5-9,12H,3-4H2,1-2H3,(H,14,15). The Morgan fingerprint density at radius 3 is 2.87 bits per heavy atom. The van der Waals surface area contributed by atoms with Gasteiger partial charge < -0.3 is 15.0 Å². The molecule has 2 unspecified atom stereocenters. The molecule has 0 spiro atoms. The Hall–Kier alpha value is -1.36. The van der Waals surface area contributed by atoms with Crippen molar-refractivity contribution in [3.8, 4) is 0 Å². The number of aliphatic carboxylic acids is 1. The molecule has 0 saturated carbocycles. The van der Waals surface area contributed by atoms with Crippen molar-refractivity contribution in [3.05, 3.63) is 18.7 Å². The quantitative estimate of drug-likeness (QED) is 0.733. The zero-order valence-electron chi connectivity index (χ0n) is 9.05. The van der Waals surface area contributed by atoms with E-state index in [2.05, 4.69) is 10.3 Å². The van der Waals surface area contributed by atoms with Gasteiger partial charge in [-0.05, 0) is 19.9 Å². The van der Waals surface area contributed by atoms with Crippen LogP contribution in [0.25, 0.3) is 0 Å². The lowest BCUT2D eigenvalue weighted by Crippen LogP contribution is -2.42. The Bertz CT molecular complexity index is 298. The summed E-state index contributed by atoms with van der Waals surface area (Å²) in [6.45, 7) is 4.58. The molecule has 0 saturated heterocycles. The predicted octanol–water partition coefficient (Wildman–Crippen LogP) is 0.897. The molecule has 0 amide bonds. The molecule has 2 N–H and O–H groups in total. The molecule has 0 aliphatic rings. The Balaban J connectivity index is 2.67. The van der Waals surface area contributed by atoms with E-state index in [-0.39, 0.29) is 6.04 Å². The van der Waals surface area contributed by atoms with Gasteiger partial charge in [0.2, 0.25) is 0 Å². The number of carboxylic acids is 1. The molecule has 1 rings (SSSR count). The third kappa shape index (κ3) is 3.06. The minimum absolute atomic E-state index is 0.142. The van der Waals surface area contributed by atoms with Crippen LogP contribution in [0.4, 0.5) is 0 Å². The normalized spacial score (nSPS) is 14.8. The number of hydrogen-bond acceptors (Lipinski definition) is 3. The zero-order chi connectivity index (χ0) is 11.3. The number of hydrogen-bond donors (Lipinski definition) is 2. The molecule has 0 fully saturated rings. The lowest BCUT2D eigenvalue weighted by Gasteiger charge is -2.22. The smallest absolute Gasteiger partial charge is 0.322 e. The number of nitrogens with one attached hydrogen (secondary N) is 1. The average Bonchev–Trinajstić information content (AvgIpc) is 2.70. The highest BCUT2D eigenvalue weighted by Gasteiger charge is 2.24. The fourth-order valence-corrected chi connectivity index (χ4v) is 1.45. The van der Waals surface area contributed by atoms with Crippen LogP contribution in [-0.2, 0) is 4.79 Å². The van der Waals surface area contributed by atoms with E-state index in [4.69, 9.17) is 5.11 Å². The summed E-state index contributed by atoms with van der Waals surface area (Å²) in [5.41, 5.74) is 0. The molecule has 2 atom stereocenters. The summed E-state index contributed by atoms with van der Waals surface area (Å²) in [6.07, 6.45) is 5.97. The van der Waals surface area contributed by atoms with E-state index >= 15 is 0 Å². The first-order chi connectivity index (χ1) is 7.16. The van der Waals surface area contributed by atoms with E-state index in [0.717, 1.165) is 6.42 Å². The molecule has 84 valence electrons. The average molecular weight is 211 g/mol. The SMILES string of the molecule is CCCNC(C(=O)O)C(C)n1ccnc1. The van der Waals surface area contributed by atoms with E-state index < -0.39 is 12.0 Å². The van der Waals surface area contributed by atoms with Gasteiger partial charge in [0.15, 0.2) is 0 Å². The van der Waals surface area contributed by atoms with Crippen LogP contribution in [0, 0.1) is 0 Å². The second-order valence-corrected chi connectivity index (χ2v) is 3.52. The van der Waals surface area contributed by atoms with Crippen molar-refractivity contribution in [2.75, 3.05) is 6.54 Å². The number of aromatic nitrogens is 2. The summed E-state index contributed by atoms with van der Waals surface area (Å²) in [6, 6.07) is -0.712. The second kappa shape index (κ2) is 5.50. The fourth-order valence-electron chi connectivity index (χ4n) is 1.45. The third-order valence-electron chi connectivity index (χ3n) is 2.36. The summed E-state index contributed by atoms with van der Waals surface area (Å²) in [4.78, 5) is 15.0. The van der Waals surface area contributed by atoms with Gasteiger partial charge in [-0.2, -0.15) is 0 Å². The minimum atomic E-state index is -0.829. The van der Waals surface area contributed by atoms with Gasteiger partial charge in [-0.15, -0.1) is 0 Å². The van der Waals surface area contributed by atoms with Crippen LogP contribution in [0.2, 0.25) is 0 Å². The summed E-state index contributed by atoms with van der Waals surface area (Å²) < 4.78 is 1.79. The van der Waals surface area contributed by atoms with Gasteiger partial charge in [-0.25, -0.2) is 4.98 Å². The highest BCUT2D eigenvalue weighted by Crippen LogP contribution is 2.10.